The lowest BCUT2D eigenvalue weighted by Gasteiger charge is -2.00. The van der Waals surface area contributed by atoms with Gasteiger partial charge in [-0.2, -0.15) is 0 Å². The molecule has 0 aromatic rings. The Balaban J connectivity index is 4.42. The van der Waals surface area contributed by atoms with E-state index < -0.39 is 17.3 Å². The number of Topliss-reactive ketones (excluding diaryl/α,β-unsaturated/α-hetero) is 1. The molecule has 4 nitrogen and oxygen atoms in total. The molecule has 0 saturated carbocycles. The summed E-state index contributed by atoms with van der Waals surface area (Å²) in [4.78, 5) is 21.2. The molecule has 0 rings (SSSR count). The first-order chi connectivity index (χ1) is 5.13. The van der Waals surface area contributed by atoms with Crippen molar-refractivity contribution in [3.63, 3.8) is 0 Å². The molecule has 0 fully saturated rings. The first-order valence-corrected chi connectivity index (χ1v) is 3.08. The van der Waals surface area contributed by atoms with Crippen LogP contribution in [0.4, 0.5) is 0 Å². The Morgan fingerprint density at radius 3 is 2.36 bits per heavy atom. The van der Waals surface area contributed by atoms with Crippen molar-refractivity contribution < 1.29 is 14.3 Å². The highest BCUT2D eigenvalue weighted by molar-refractivity contribution is 6.23. The summed E-state index contributed by atoms with van der Waals surface area (Å²) in [7, 11) is 0. The number of esters is 1. The van der Waals surface area contributed by atoms with Crippen LogP contribution in [0.3, 0.4) is 0 Å². The van der Waals surface area contributed by atoms with Crippen molar-refractivity contribution in [1.82, 2.24) is 0 Å². The number of ketones is 1. The lowest BCUT2D eigenvalue weighted by molar-refractivity contribution is -0.139. The lowest BCUT2D eigenvalue weighted by atomic mass is 10.2. The molecule has 0 aliphatic carbocycles. The summed E-state index contributed by atoms with van der Waals surface area (Å²) in [5.41, 5.74) is -0.452. The highest BCUT2D eigenvalue weighted by Gasteiger charge is 2.12. The van der Waals surface area contributed by atoms with Gasteiger partial charge in [0.2, 0.25) is 0 Å². The maximum atomic E-state index is 10.7. The summed E-state index contributed by atoms with van der Waals surface area (Å²) >= 11 is 0. The van der Waals surface area contributed by atoms with Gasteiger partial charge in [-0.1, -0.05) is 0 Å². The molecular weight excluding hydrogens is 146 g/mol. The molecule has 0 bridgehead atoms. The number of rotatable bonds is 3. The summed E-state index contributed by atoms with van der Waals surface area (Å²) in [5.74, 6) is 0.0698. The van der Waals surface area contributed by atoms with E-state index in [0.29, 0.717) is 0 Å². The van der Waals surface area contributed by atoms with Gasteiger partial charge in [-0.25, -0.2) is 4.79 Å². The standard InChI is InChI=1S/C7H8NO3/c1-3-11-7(10)6(4-8)5(2)9/h3H2,1-2H3/q-1. The fraction of sp³-hybridized carbons (Fsp3) is 0.429. The van der Waals surface area contributed by atoms with Gasteiger partial charge in [0.1, 0.15) is 5.57 Å². The Hall–Kier alpha value is -1.41. The van der Waals surface area contributed by atoms with Crippen LogP contribution in [0.2, 0.25) is 0 Å². The van der Waals surface area contributed by atoms with Gasteiger partial charge in [-0.15, -0.1) is 0 Å². The van der Waals surface area contributed by atoms with Crippen LogP contribution in [0, 0.1) is 0 Å². The summed E-state index contributed by atoms with van der Waals surface area (Å²) in [6.45, 7) is 2.92. The average molecular weight is 154 g/mol. The van der Waals surface area contributed by atoms with Crippen molar-refractivity contribution in [2.45, 2.75) is 13.8 Å². The maximum absolute atomic E-state index is 10.7. The van der Waals surface area contributed by atoms with Gasteiger partial charge in [0.05, 0.1) is 6.61 Å². The molecule has 0 heterocycles. The molecule has 0 saturated heterocycles. The summed E-state index contributed by atoms with van der Waals surface area (Å²) in [6, 6.07) is 0. The smallest absolute Gasteiger partial charge is 0.347 e. The monoisotopic (exact) mass is 154 g/mol. The number of ether oxygens (including phenoxy) is 1. The summed E-state index contributed by atoms with van der Waals surface area (Å²) < 4.78 is 4.44. The first-order valence-electron chi connectivity index (χ1n) is 3.08. The zero-order chi connectivity index (χ0) is 8.85. The first kappa shape index (κ1) is 9.59. The minimum atomic E-state index is -0.845. The number of carbonyl (C=O) groups is 2. The fourth-order valence-corrected chi connectivity index (χ4v) is 0.471. The van der Waals surface area contributed by atoms with Crippen LogP contribution in [0.15, 0.2) is 5.57 Å². The Kier molecular flexibility index (Phi) is 3.85. The van der Waals surface area contributed by atoms with Crippen LogP contribution >= 0.6 is 0 Å². The zero-order valence-corrected chi connectivity index (χ0v) is 6.38. The third kappa shape index (κ3) is 2.78. The van der Waals surface area contributed by atoms with Gasteiger partial charge in [0, 0.05) is 0 Å². The molecule has 0 atom stereocenters. The fourth-order valence-electron chi connectivity index (χ4n) is 0.471. The van der Waals surface area contributed by atoms with Gasteiger partial charge in [0.15, 0.2) is 5.78 Å². The highest BCUT2D eigenvalue weighted by Crippen LogP contribution is 1.94. The summed E-state index contributed by atoms with van der Waals surface area (Å²) in [5, 5.41) is 8.28. The van der Waals surface area contributed by atoms with E-state index in [0.717, 1.165) is 6.92 Å². The molecule has 0 N–H and O–H groups in total. The SMILES string of the molecule is CCOC(=O)C(=C=[N-])C(C)=O. The molecule has 0 aromatic heterocycles. The second-order valence-corrected chi connectivity index (χ2v) is 1.76. The topological polar surface area (TPSA) is 65.7 Å². The molecule has 4 heteroatoms. The third-order valence-electron chi connectivity index (χ3n) is 0.943. The molecule has 0 amide bonds. The number of carbonyl (C=O) groups excluding carboxylic acids is 2. The van der Waals surface area contributed by atoms with Crippen LogP contribution in [0.5, 0.6) is 0 Å². The van der Waals surface area contributed by atoms with Crippen molar-refractivity contribution in [2.75, 3.05) is 6.61 Å². The molecular formula is C7H8NO3-. The van der Waals surface area contributed by atoms with Gasteiger partial charge in [-0.05, 0) is 13.8 Å². The van der Waals surface area contributed by atoms with Gasteiger partial charge in [-0.3, -0.25) is 10.7 Å². The van der Waals surface area contributed by atoms with Crippen molar-refractivity contribution in [3.05, 3.63) is 11.0 Å². The molecule has 0 unspecified atom stereocenters. The van der Waals surface area contributed by atoms with E-state index in [4.69, 9.17) is 5.41 Å². The molecule has 0 aliphatic rings. The number of hydrogen-bond donors (Lipinski definition) is 0. The molecule has 11 heavy (non-hydrogen) atoms. The molecule has 0 radical (unpaired) electrons. The van der Waals surface area contributed by atoms with Crippen molar-refractivity contribution in [2.24, 2.45) is 0 Å². The van der Waals surface area contributed by atoms with Crippen LogP contribution in [0.25, 0.3) is 5.41 Å². The Morgan fingerprint density at radius 1 is 1.55 bits per heavy atom. The third-order valence-corrected chi connectivity index (χ3v) is 0.943. The van der Waals surface area contributed by atoms with E-state index in [1.165, 1.54) is 5.87 Å². The second-order valence-electron chi connectivity index (χ2n) is 1.76. The normalized spacial score (nSPS) is 8.18. The van der Waals surface area contributed by atoms with Crippen LogP contribution in [-0.2, 0) is 14.3 Å². The predicted molar refractivity (Wildman–Crippen MR) is 39.2 cm³/mol. The van der Waals surface area contributed by atoms with Gasteiger partial charge < -0.3 is 10.1 Å². The molecule has 0 aliphatic heterocycles. The van der Waals surface area contributed by atoms with E-state index in [-0.39, 0.29) is 6.61 Å². The number of nitrogens with zero attached hydrogens (tertiary/aromatic N) is 1. The molecule has 60 valence electrons. The Bertz CT molecular complexity index is 226. The van der Waals surface area contributed by atoms with E-state index in [2.05, 4.69) is 4.74 Å². The van der Waals surface area contributed by atoms with E-state index in [9.17, 15) is 9.59 Å². The number of hydrogen-bond acceptors (Lipinski definition) is 3. The van der Waals surface area contributed by atoms with E-state index >= 15 is 0 Å². The van der Waals surface area contributed by atoms with Gasteiger partial charge in [0.25, 0.3) is 0 Å². The highest BCUT2D eigenvalue weighted by atomic mass is 16.5. The predicted octanol–water partition coefficient (Wildman–Crippen LogP) is 0.304. The van der Waals surface area contributed by atoms with Crippen molar-refractivity contribution in [3.8, 4) is 0 Å². The maximum Gasteiger partial charge on any atom is 0.347 e. The minimum absolute atomic E-state index is 0.164. The quantitative estimate of drug-likeness (QED) is 0.193. The molecule has 0 aromatic carbocycles. The average Bonchev–Trinajstić information content (AvgIpc) is 1.88. The van der Waals surface area contributed by atoms with Crippen molar-refractivity contribution >= 4 is 17.6 Å². The van der Waals surface area contributed by atoms with E-state index in [1.54, 1.807) is 6.92 Å². The minimum Gasteiger partial charge on any atom is -0.762 e. The van der Waals surface area contributed by atoms with Crippen LogP contribution in [-0.4, -0.2) is 24.2 Å². The van der Waals surface area contributed by atoms with Crippen LogP contribution in [0.1, 0.15) is 13.8 Å². The summed E-state index contributed by atoms with van der Waals surface area (Å²) in [6.07, 6.45) is 0. The molecule has 0 spiro atoms. The lowest BCUT2D eigenvalue weighted by Crippen LogP contribution is -2.13. The second kappa shape index (κ2) is 4.41. The largest absolute Gasteiger partial charge is 0.762 e. The van der Waals surface area contributed by atoms with E-state index in [1.807, 2.05) is 0 Å². The van der Waals surface area contributed by atoms with Gasteiger partial charge >= 0.3 is 5.97 Å². The zero-order valence-electron chi connectivity index (χ0n) is 6.38. The Morgan fingerprint density at radius 2 is 2.09 bits per heavy atom. The van der Waals surface area contributed by atoms with Crippen molar-refractivity contribution in [1.29, 1.82) is 0 Å². The Labute approximate surface area is 64.4 Å². The van der Waals surface area contributed by atoms with Crippen LogP contribution < -0.4 is 0 Å².